The van der Waals surface area contributed by atoms with Gasteiger partial charge in [0.15, 0.2) is 0 Å². The molecule has 0 bridgehead atoms. The molecular weight excluding hydrogens is 381 g/mol. The molecule has 11 heavy (non-hydrogen) atoms. The van der Waals surface area contributed by atoms with Crippen molar-refractivity contribution in [2.45, 2.75) is 12.6 Å². The van der Waals surface area contributed by atoms with Gasteiger partial charge in [-0.05, 0) is 0 Å². The van der Waals surface area contributed by atoms with Crippen molar-refractivity contribution in [3.8, 4) is 0 Å². The standard InChI is InChI=1S/C3H4F3.3BrH.2Mg/c1-2-3(4,5)6;;;;;/h1-2H2;3*1H;;/q-1;;;;2*+2/p-3. The summed E-state index contributed by atoms with van der Waals surface area (Å²) in [6, 6.07) is 0. The first-order valence-electron chi connectivity index (χ1n) is 1.42. The predicted octanol–water partition coefficient (Wildman–Crippen LogP) is -7.98. The van der Waals surface area contributed by atoms with Gasteiger partial charge in [-0.2, -0.15) is 13.2 Å². The first-order valence-corrected chi connectivity index (χ1v) is 1.42. The summed E-state index contributed by atoms with van der Waals surface area (Å²) in [5.74, 6) is 0. The van der Waals surface area contributed by atoms with Gasteiger partial charge in [-0.25, -0.2) is 0 Å². The molecule has 0 aromatic rings. The second-order valence-corrected chi connectivity index (χ2v) is 0.865. The first-order chi connectivity index (χ1) is 2.56. The minimum absolute atomic E-state index is 0. The van der Waals surface area contributed by atoms with E-state index in [9.17, 15) is 13.2 Å². The van der Waals surface area contributed by atoms with E-state index < -0.39 is 12.6 Å². The van der Waals surface area contributed by atoms with Crippen LogP contribution in [0.2, 0.25) is 0 Å². The Labute approximate surface area is 128 Å². The van der Waals surface area contributed by atoms with Gasteiger partial charge in [-0.3, -0.25) is 0 Å². The van der Waals surface area contributed by atoms with E-state index in [4.69, 9.17) is 0 Å². The Morgan fingerprint density at radius 2 is 1.00 bits per heavy atom. The smallest absolute Gasteiger partial charge is 1.00 e. The van der Waals surface area contributed by atoms with Crippen molar-refractivity contribution < 1.29 is 64.1 Å². The average Bonchev–Trinajstić information content (AvgIpc) is 1.35. The molecule has 0 aliphatic heterocycles. The van der Waals surface area contributed by atoms with Gasteiger partial charge in [0.2, 0.25) is 0 Å². The molecule has 0 aliphatic carbocycles. The van der Waals surface area contributed by atoms with Crippen molar-refractivity contribution in [3.05, 3.63) is 6.92 Å². The fourth-order valence-electron chi connectivity index (χ4n) is 0. The van der Waals surface area contributed by atoms with E-state index in [0.29, 0.717) is 0 Å². The molecule has 0 saturated heterocycles. The molecule has 0 atom stereocenters. The Balaban J connectivity index is -0.0000000125. The van der Waals surface area contributed by atoms with Crippen molar-refractivity contribution in [2.24, 2.45) is 0 Å². The van der Waals surface area contributed by atoms with Crippen LogP contribution in [0.1, 0.15) is 6.42 Å². The van der Waals surface area contributed by atoms with E-state index in [2.05, 4.69) is 6.92 Å². The molecule has 0 nitrogen and oxygen atoms in total. The van der Waals surface area contributed by atoms with Crippen molar-refractivity contribution in [1.29, 1.82) is 0 Å². The zero-order valence-corrected chi connectivity index (χ0v) is 13.2. The second-order valence-electron chi connectivity index (χ2n) is 0.865. The third-order valence-electron chi connectivity index (χ3n) is 0.283. The molecular formula is C3H4Br3F3Mg2. The quantitative estimate of drug-likeness (QED) is 0.287. The average molecular weight is 385 g/mol. The fraction of sp³-hybridized carbons (Fsp3) is 0.667. The molecule has 0 aromatic carbocycles. The van der Waals surface area contributed by atoms with Crippen LogP contribution in [0.5, 0.6) is 0 Å². The SMILES string of the molecule is [Br-].[Br-].[Br-].[CH2-]CC(F)(F)F.[Mg+2].[Mg+2]. The normalized spacial score (nSPS) is 6.55. The van der Waals surface area contributed by atoms with Gasteiger partial charge in [0, 0.05) is 0 Å². The van der Waals surface area contributed by atoms with E-state index in [1.165, 1.54) is 0 Å². The molecule has 0 rings (SSSR count). The Hall–Kier alpha value is 2.76. The van der Waals surface area contributed by atoms with Crippen molar-refractivity contribution in [1.82, 2.24) is 0 Å². The van der Waals surface area contributed by atoms with Crippen LogP contribution in [0.15, 0.2) is 0 Å². The summed E-state index contributed by atoms with van der Waals surface area (Å²) in [6.45, 7) is 2.63. The van der Waals surface area contributed by atoms with E-state index in [-0.39, 0.29) is 97.0 Å². The molecule has 62 valence electrons. The van der Waals surface area contributed by atoms with Gasteiger partial charge in [0.05, 0.1) is 0 Å². The number of alkyl halides is 3. The van der Waals surface area contributed by atoms with E-state index >= 15 is 0 Å². The van der Waals surface area contributed by atoms with Crippen molar-refractivity contribution in [2.75, 3.05) is 0 Å². The molecule has 0 aromatic heterocycles. The third-order valence-corrected chi connectivity index (χ3v) is 0.283. The van der Waals surface area contributed by atoms with Crippen LogP contribution in [0, 0.1) is 6.92 Å². The Kier molecular flexibility index (Phi) is 62.7. The van der Waals surface area contributed by atoms with E-state index in [1.807, 2.05) is 0 Å². The summed E-state index contributed by atoms with van der Waals surface area (Å²) in [7, 11) is 0. The topological polar surface area (TPSA) is 0 Å². The fourth-order valence-corrected chi connectivity index (χ4v) is 0. The Bertz CT molecular complexity index is 51.6. The van der Waals surface area contributed by atoms with Gasteiger partial charge < -0.3 is 57.9 Å². The summed E-state index contributed by atoms with van der Waals surface area (Å²) >= 11 is 0. The number of hydrogen-bond donors (Lipinski definition) is 0. The maximum Gasteiger partial charge on any atom is 2.00 e. The van der Waals surface area contributed by atoms with Crippen LogP contribution in [-0.4, -0.2) is 52.3 Å². The third kappa shape index (κ3) is 44.5. The molecule has 0 saturated carbocycles. The van der Waals surface area contributed by atoms with Crippen LogP contribution in [0.25, 0.3) is 0 Å². The monoisotopic (exact) mass is 382 g/mol. The maximum absolute atomic E-state index is 10.7. The van der Waals surface area contributed by atoms with Crippen LogP contribution < -0.4 is 50.9 Å². The molecule has 0 N–H and O–H groups in total. The summed E-state index contributed by atoms with van der Waals surface area (Å²) in [4.78, 5) is 0. The van der Waals surface area contributed by atoms with E-state index in [1.54, 1.807) is 0 Å². The van der Waals surface area contributed by atoms with Crippen LogP contribution in [-0.2, 0) is 0 Å². The largest absolute Gasteiger partial charge is 2.00 e. The summed E-state index contributed by atoms with van der Waals surface area (Å²) < 4.78 is 32.2. The van der Waals surface area contributed by atoms with Gasteiger partial charge >= 0.3 is 52.3 Å². The number of rotatable bonds is 0. The Morgan fingerprint density at radius 3 is 1.00 bits per heavy atom. The molecule has 0 spiro atoms. The molecule has 8 heteroatoms. The Morgan fingerprint density at radius 1 is 0.909 bits per heavy atom. The van der Waals surface area contributed by atoms with Crippen LogP contribution >= 0.6 is 0 Å². The zero-order valence-electron chi connectivity index (χ0n) is 5.60. The summed E-state index contributed by atoms with van der Waals surface area (Å²) in [6.07, 6.45) is -5.05. The number of hydrogen-bond acceptors (Lipinski definition) is 0. The molecule has 0 heterocycles. The van der Waals surface area contributed by atoms with Gasteiger partial charge in [0.25, 0.3) is 0 Å². The summed E-state index contributed by atoms with van der Waals surface area (Å²) in [5.41, 5.74) is 0. The van der Waals surface area contributed by atoms with Gasteiger partial charge in [-0.1, -0.05) is 6.42 Å². The second kappa shape index (κ2) is 18.5. The van der Waals surface area contributed by atoms with Crippen molar-refractivity contribution >= 4 is 46.1 Å². The van der Waals surface area contributed by atoms with Crippen LogP contribution in [0.3, 0.4) is 0 Å². The van der Waals surface area contributed by atoms with Crippen LogP contribution in [0.4, 0.5) is 13.2 Å². The molecule has 0 unspecified atom stereocenters. The summed E-state index contributed by atoms with van der Waals surface area (Å²) in [5, 5.41) is 0. The molecule has 0 amide bonds. The minimum Gasteiger partial charge on any atom is -1.00 e. The molecule has 0 fully saturated rings. The van der Waals surface area contributed by atoms with E-state index in [0.717, 1.165) is 0 Å². The first kappa shape index (κ1) is 37.2. The zero-order chi connectivity index (χ0) is 5.21. The minimum atomic E-state index is -4.07. The number of halogens is 6. The van der Waals surface area contributed by atoms with Gasteiger partial charge in [-0.15, -0.1) is 0 Å². The molecule has 0 radical (unpaired) electrons. The molecule has 0 aliphatic rings. The van der Waals surface area contributed by atoms with Crippen molar-refractivity contribution in [3.63, 3.8) is 0 Å². The predicted molar refractivity (Wildman–Crippen MR) is 27.5 cm³/mol. The maximum atomic E-state index is 10.7. The van der Waals surface area contributed by atoms with Gasteiger partial charge in [0.1, 0.15) is 0 Å².